The molecule has 8 heteroatoms. The highest BCUT2D eigenvalue weighted by Gasteiger charge is 2.38. The molecule has 1 aliphatic carbocycles. The number of hydrogen-bond donors (Lipinski definition) is 1. The van der Waals surface area contributed by atoms with Gasteiger partial charge in [0.15, 0.2) is 5.96 Å². The molecule has 1 saturated carbocycles. The number of nitrogens with zero attached hydrogens (tertiary/aromatic N) is 3. The Morgan fingerprint density at radius 2 is 2.04 bits per heavy atom. The van der Waals surface area contributed by atoms with Crippen molar-refractivity contribution in [2.24, 2.45) is 4.99 Å². The lowest BCUT2D eigenvalue weighted by molar-refractivity contribution is -0.127. The molecule has 1 amide bonds. The maximum atomic E-state index is 12.0. The van der Waals surface area contributed by atoms with E-state index in [0.717, 1.165) is 51.0 Å². The minimum Gasteiger partial charge on any atom is -0.382 e. The highest BCUT2D eigenvalue weighted by Crippen LogP contribution is 2.42. The first-order valence-electron chi connectivity index (χ1n) is 10.0. The van der Waals surface area contributed by atoms with Gasteiger partial charge < -0.3 is 19.9 Å². The fourth-order valence-corrected chi connectivity index (χ4v) is 5.16. The first-order valence-corrected chi connectivity index (χ1v) is 11.0. The van der Waals surface area contributed by atoms with Crippen molar-refractivity contribution in [2.45, 2.75) is 50.2 Å². The number of nitrogens with one attached hydrogen (secondary N) is 1. The molecule has 0 aromatic heterocycles. The van der Waals surface area contributed by atoms with E-state index in [2.05, 4.69) is 27.0 Å². The van der Waals surface area contributed by atoms with Gasteiger partial charge in [0.05, 0.1) is 0 Å². The largest absolute Gasteiger partial charge is 0.382 e. The quantitative estimate of drug-likeness (QED) is 0.246. The average molecular weight is 513 g/mol. The second kappa shape index (κ2) is 13.1. The Bertz CT molecular complexity index is 465. The number of carbonyl (C=O) groups is 1. The third kappa shape index (κ3) is 8.35. The number of aliphatic imine (C=N–C) groups is 1. The Labute approximate surface area is 186 Å². The van der Waals surface area contributed by atoms with Gasteiger partial charge in [0, 0.05) is 57.4 Å². The molecule has 1 aliphatic heterocycles. The summed E-state index contributed by atoms with van der Waals surface area (Å²) in [7, 11) is 3.56. The van der Waals surface area contributed by atoms with Crippen molar-refractivity contribution in [3.05, 3.63) is 0 Å². The molecular formula is C19H37IN4O2S. The van der Waals surface area contributed by atoms with Gasteiger partial charge in [0.25, 0.3) is 0 Å². The minimum absolute atomic E-state index is 0. The van der Waals surface area contributed by atoms with E-state index in [1.807, 2.05) is 6.92 Å². The van der Waals surface area contributed by atoms with Crippen molar-refractivity contribution in [3.63, 3.8) is 0 Å². The predicted molar refractivity (Wildman–Crippen MR) is 125 cm³/mol. The van der Waals surface area contributed by atoms with E-state index >= 15 is 0 Å². The SMILES string of the molecule is CCOCCCNC(=NCC(=O)N(C)C)N1CCSC2(CCCCC2)C1.I. The van der Waals surface area contributed by atoms with E-state index in [4.69, 9.17) is 4.74 Å². The third-order valence-electron chi connectivity index (χ3n) is 5.13. The second-order valence-corrected chi connectivity index (χ2v) is 8.98. The van der Waals surface area contributed by atoms with Crippen LogP contribution >= 0.6 is 35.7 Å². The van der Waals surface area contributed by atoms with Crippen LogP contribution in [0.2, 0.25) is 0 Å². The van der Waals surface area contributed by atoms with Crippen molar-refractivity contribution in [1.29, 1.82) is 0 Å². The normalized spacial score (nSPS) is 19.5. The molecule has 1 spiro atoms. The lowest BCUT2D eigenvalue weighted by Crippen LogP contribution is -2.53. The summed E-state index contributed by atoms with van der Waals surface area (Å²) < 4.78 is 5.81. The molecule has 0 bridgehead atoms. The first kappa shape index (κ1) is 24.8. The summed E-state index contributed by atoms with van der Waals surface area (Å²) in [6.45, 7) is 6.60. The van der Waals surface area contributed by atoms with Crippen molar-refractivity contribution < 1.29 is 9.53 Å². The molecule has 0 aromatic carbocycles. The van der Waals surface area contributed by atoms with Gasteiger partial charge >= 0.3 is 0 Å². The summed E-state index contributed by atoms with van der Waals surface area (Å²) in [5, 5.41) is 3.48. The summed E-state index contributed by atoms with van der Waals surface area (Å²) in [5.74, 6) is 2.07. The number of thioether (sulfide) groups is 1. The van der Waals surface area contributed by atoms with Crippen molar-refractivity contribution in [2.75, 3.05) is 59.2 Å². The Balaban J connectivity index is 0.00000364. The first-order chi connectivity index (χ1) is 12.6. The zero-order valence-electron chi connectivity index (χ0n) is 17.2. The molecule has 158 valence electrons. The van der Waals surface area contributed by atoms with E-state index < -0.39 is 0 Å². The highest BCUT2D eigenvalue weighted by atomic mass is 127. The van der Waals surface area contributed by atoms with E-state index in [-0.39, 0.29) is 36.4 Å². The lowest BCUT2D eigenvalue weighted by Gasteiger charge is -2.45. The highest BCUT2D eigenvalue weighted by molar-refractivity contribution is 14.0. The van der Waals surface area contributed by atoms with Crippen LogP contribution in [0.25, 0.3) is 0 Å². The van der Waals surface area contributed by atoms with E-state index in [0.29, 0.717) is 4.75 Å². The van der Waals surface area contributed by atoms with Crippen molar-refractivity contribution in [3.8, 4) is 0 Å². The van der Waals surface area contributed by atoms with Crippen LogP contribution < -0.4 is 5.32 Å². The van der Waals surface area contributed by atoms with Crippen LogP contribution in [0.15, 0.2) is 4.99 Å². The molecule has 1 N–H and O–H groups in total. The molecule has 2 rings (SSSR count). The van der Waals surface area contributed by atoms with Gasteiger partial charge in [0.1, 0.15) is 6.54 Å². The molecule has 0 unspecified atom stereocenters. The maximum absolute atomic E-state index is 12.0. The maximum Gasteiger partial charge on any atom is 0.243 e. The van der Waals surface area contributed by atoms with Crippen LogP contribution in [0.4, 0.5) is 0 Å². The molecule has 0 atom stereocenters. The lowest BCUT2D eigenvalue weighted by atomic mass is 9.87. The predicted octanol–water partition coefficient (Wildman–Crippen LogP) is 2.82. The Kier molecular flexibility index (Phi) is 12.0. The summed E-state index contributed by atoms with van der Waals surface area (Å²) in [6.07, 6.45) is 7.62. The zero-order chi connectivity index (χ0) is 18.8. The fourth-order valence-electron chi connectivity index (χ4n) is 3.59. The fraction of sp³-hybridized carbons (Fsp3) is 0.895. The van der Waals surface area contributed by atoms with Gasteiger partial charge in [-0.2, -0.15) is 11.8 Å². The summed E-state index contributed by atoms with van der Waals surface area (Å²) in [5.41, 5.74) is 0. The Morgan fingerprint density at radius 3 is 2.70 bits per heavy atom. The van der Waals surface area contributed by atoms with Crippen LogP contribution in [0.3, 0.4) is 0 Å². The van der Waals surface area contributed by atoms with Crippen LogP contribution in [-0.4, -0.2) is 85.7 Å². The summed E-state index contributed by atoms with van der Waals surface area (Å²) in [6, 6.07) is 0. The van der Waals surface area contributed by atoms with Crippen LogP contribution in [-0.2, 0) is 9.53 Å². The van der Waals surface area contributed by atoms with Gasteiger partial charge in [0.2, 0.25) is 5.91 Å². The topological polar surface area (TPSA) is 57.2 Å². The Morgan fingerprint density at radius 1 is 1.30 bits per heavy atom. The van der Waals surface area contributed by atoms with Crippen molar-refractivity contribution >= 4 is 47.6 Å². The molecule has 6 nitrogen and oxygen atoms in total. The average Bonchev–Trinajstić information content (AvgIpc) is 2.64. The van der Waals surface area contributed by atoms with Gasteiger partial charge in [-0.15, -0.1) is 24.0 Å². The van der Waals surface area contributed by atoms with Crippen LogP contribution in [0, 0.1) is 0 Å². The number of carbonyl (C=O) groups excluding carboxylic acids is 1. The van der Waals surface area contributed by atoms with E-state index in [9.17, 15) is 4.79 Å². The standard InChI is InChI=1S/C19H36N4O2S.HI/c1-4-25-13-8-11-20-18(21-15-17(24)22(2)3)23-12-14-26-19(16-23)9-6-5-7-10-19;/h4-16H2,1-3H3,(H,20,21);1H. The number of ether oxygens (including phenoxy) is 1. The van der Waals surface area contributed by atoms with E-state index in [1.165, 1.54) is 32.1 Å². The number of rotatable bonds is 7. The molecule has 1 heterocycles. The third-order valence-corrected chi connectivity index (χ3v) is 6.66. The van der Waals surface area contributed by atoms with Gasteiger partial charge in [-0.25, -0.2) is 4.99 Å². The summed E-state index contributed by atoms with van der Waals surface area (Å²) >= 11 is 2.15. The monoisotopic (exact) mass is 512 g/mol. The van der Waals surface area contributed by atoms with E-state index in [1.54, 1.807) is 19.0 Å². The molecule has 2 aliphatic rings. The molecule has 27 heavy (non-hydrogen) atoms. The smallest absolute Gasteiger partial charge is 0.243 e. The molecule has 2 fully saturated rings. The van der Waals surface area contributed by atoms with Gasteiger partial charge in [-0.3, -0.25) is 4.79 Å². The number of halogens is 1. The summed E-state index contributed by atoms with van der Waals surface area (Å²) in [4.78, 5) is 20.6. The number of amides is 1. The molecule has 0 aromatic rings. The number of likely N-dealkylation sites (N-methyl/N-ethyl adjacent to an activating group) is 1. The van der Waals surface area contributed by atoms with Gasteiger partial charge in [-0.1, -0.05) is 19.3 Å². The number of guanidine groups is 1. The van der Waals surface area contributed by atoms with Crippen molar-refractivity contribution in [1.82, 2.24) is 15.1 Å². The molecule has 1 saturated heterocycles. The Hall–Kier alpha value is -0.220. The second-order valence-electron chi connectivity index (χ2n) is 7.42. The zero-order valence-corrected chi connectivity index (χ0v) is 20.3. The molecular weight excluding hydrogens is 475 g/mol. The van der Waals surface area contributed by atoms with Crippen LogP contribution in [0.1, 0.15) is 45.4 Å². The number of hydrogen-bond acceptors (Lipinski definition) is 4. The minimum atomic E-state index is 0. The van der Waals surface area contributed by atoms with Gasteiger partial charge in [-0.05, 0) is 26.2 Å². The molecule has 0 radical (unpaired) electrons. The van der Waals surface area contributed by atoms with Crippen LogP contribution in [0.5, 0.6) is 0 Å².